The van der Waals surface area contributed by atoms with Gasteiger partial charge in [0.25, 0.3) is 0 Å². The van der Waals surface area contributed by atoms with Crippen molar-refractivity contribution in [3.8, 4) is 0 Å². The molecule has 0 radical (unpaired) electrons. The van der Waals surface area contributed by atoms with E-state index in [1.54, 1.807) is 0 Å². The van der Waals surface area contributed by atoms with Crippen LogP contribution in [-0.4, -0.2) is 89.2 Å². The van der Waals surface area contributed by atoms with Crippen molar-refractivity contribution in [1.82, 2.24) is 30.2 Å². The highest BCUT2D eigenvalue weighted by Gasteiger charge is 2.35. The summed E-state index contributed by atoms with van der Waals surface area (Å²) in [7, 11) is 0. The third-order valence-corrected chi connectivity index (χ3v) is 13.0. The van der Waals surface area contributed by atoms with Crippen molar-refractivity contribution in [2.24, 2.45) is 5.92 Å². The first-order valence-electron chi connectivity index (χ1n) is 21.6. The van der Waals surface area contributed by atoms with Crippen LogP contribution in [0.25, 0.3) is 5.70 Å². The van der Waals surface area contributed by atoms with Gasteiger partial charge in [0.1, 0.15) is 11.9 Å². The van der Waals surface area contributed by atoms with E-state index in [9.17, 15) is 4.79 Å². The molecule has 2 atom stereocenters. The van der Waals surface area contributed by atoms with Gasteiger partial charge in [0.2, 0.25) is 11.9 Å². The van der Waals surface area contributed by atoms with Gasteiger partial charge in [-0.15, -0.1) is 6.58 Å². The fourth-order valence-corrected chi connectivity index (χ4v) is 9.52. The number of aryl methyl sites for hydroxylation is 1. The first-order valence-corrected chi connectivity index (χ1v) is 21.6. The Morgan fingerprint density at radius 3 is 2.42 bits per heavy atom. The molecule has 0 saturated carbocycles. The average Bonchev–Trinajstić information content (AvgIpc) is 3.80. The van der Waals surface area contributed by atoms with Crippen molar-refractivity contribution in [1.29, 1.82) is 0 Å². The molecule has 1 aliphatic carbocycles. The Hall–Kier alpha value is -5.95. The van der Waals surface area contributed by atoms with Gasteiger partial charge in [-0.05, 0) is 105 Å². The molecule has 60 heavy (non-hydrogen) atoms. The number of halogens is 1. The quantitative estimate of drug-likeness (QED) is 0.121. The predicted octanol–water partition coefficient (Wildman–Crippen LogP) is 7.96. The molecule has 9 rings (SSSR count). The third kappa shape index (κ3) is 8.02. The fraction of sp³-hybridized carbons (Fsp3) is 0.404. The van der Waals surface area contributed by atoms with Crippen LogP contribution in [0.3, 0.4) is 0 Å². The Kier molecular flexibility index (Phi) is 11.2. The molecule has 0 unspecified atom stereocenters. The van der Waals surface area contributed by atoms with Gasteiger partial charge >= 0.3 is 0 Å². The van der Waals surface area contributed by atoms with Crippen LogP contribution in [0.2, 0.25) is 0 Å². The first-order chi connectivity index (χ1) is 29.2. The molecule has 0 bridgehead atoms. The van der Waals surface area contributed by atoms with E-state index in [4.69, 9.17) is 9.97 Å². The minimum Gasteiger partial charge on any atom is -0.374 e. The molecule has 0 spiro atoms. The molecule has 3 N–H and O–H groups in total. The second kappa shape index (κ2) is 17.0. The minimum atomic E-state index is -0.379. The number of hydrogen-bond acceptors (Lipinski definition) is 11. The minimum absolute atomic E-state index is 0.116. The second-order valence-electron chi connectivity index (χ2n) is 16.8. The molecule has 4 aromatic rings. The van der Waals surface area contributed by atoms with Gasteiger partial charge in [-0.1, -0.05) is 32.2 Å². The molecule has 2 aromatic heterocycles. The maximum Gasteiger partial charge on any atom is 0.246 e. The molecule has 3 fully saturated rings. The van der Waals surface area contributed by atoms with Crippen LogP contribution >= 0.6 is 0 Å². The number of nitrogens with zero attached hydrogens (tertiary/aromatic N) is 8. The van der Waals surface area contributed by atoms with Crippen LogP contribution < -0.4 is 30.8 Å². The number of hydrogen-bond donors (Lipinski definition) is 3. The molecule has 5 aliphatic rings. The summed E-state index contributed by atoms with van der Waals surface area (Å²) in [6, 6.07) is 17.7. The molecule has 312 valence electrons. The van der Waals surface area contributed by atoms with E-state index in [2.05, 4.69) is 109 Å². The van der Waals surface area contributed by atoms with Crippen LogP contribution in [0.15, 0.2) is 92.3 Å². The number of rotatable bonds is 12. The lowest BCUT2D eigenvalue weighted by Gasteiger charge is -2.40. The average molecular weight is 810 g/mol. The summed E-state index contributed by atoms with van der Waals surface area (Å²) in [4.78, 5) is 34.4. The van der Waals surface area contributed by atoms with Gasteiger partial charge in [-0.2, -0.15) is 4.98 Å². The monoisotopic (exact) mass is 809 g/mol. The van der Waals surface area contributed by atoms with Crippen LogP contribution in [0.1, 0.15) is 68.2 Å². The molecular formula is C47H56FN11O. The molecule has 3 saturated heterocycles. The summed E-state index contributed by atoms with van der Waals surface area (Å²) >= 11 is 0. The SMILES string of the molecule is C=CCN1C(=C)c2cnc(Nc3ccc(N4CCN(CC5CCN(c6ccc(N[C@@H]7CCC(=C)NC7=O)cc6F)CC5)CC4)cc3)nc2N1c1ccc2c(n1)[C@@H](CC)CC2. The molecule has 13 heteroatoms. The number of carbonyl (C=O) groups is 1. The number of amides is 1. The van der Waals surface area contributed by atoms with Crippen molar-refractivity contribution >= 4 is 51.9 Å². The summed E-state index contributed by atoms with van der Waals surface area (Å²) < 4.78 is 15.3. The van der Waals surface area contributed by atoms with Gasteiger partial charge in [0.05, 0.1) is 23.5 Å². The smallest absolute Gasteiger partial charge is 0.246 e. The van der Waals surface area contributed by atoms with E-state index in [0.29, 0.717) is 42.1 Å². The zero-order chi connectivity index (χ0) is 41.3. The Morgan fingerprint density at radius 1 is 0.900 bits per heavy atom. The van der Waals surface area contributed by atoms with Crippen molar-refractivity contribution in [2.45, 2.75) is 63.8 Å². The number of nitrogens with one attached hydrogen (secondary N) is 3. The first kappa shape index (κ1) is 39.5. The summed E-state index contributed by atoms with van der Waals surface area (Å²) in [6.45, 7) is 21.8. The maximum atomic E-state index is 15.3. The standard InChI is InChI=1S/C47H56FN11O/c1-5-21-58-32(4)39-29-49-47(54-45(39)59(58)43-18-10-35-9-8-34(6-2)44(35)53-43)52-36-11-14-38(15-12-36)56-26-24-55(25-27-56)30-33-19-22-57(23-20-33)42-17-13-37(28-40(42)48)51-41-16-7-31(3)50-46(41)60/h5,10-15,17-18,28-29,33-34,41,51H,1,3-4,6-9,16,19-27,30H2,2H3,(H,50,60)(H,49,52,54)/t34-,41+/m0/s1. The Bertz CT molecular complexity index is 2260. The lowest BCUT2D eigenvalue weighted by atomic mass is 9.95. The number of pyridine rings is 1. The molecule has 2 aromatic carbocycles. The van der Waals surface area contributed by atoms with Gasteiger partial charge in [-0.25, -0.2) is 19.4 Å². The summed E-state index contributed by atoms with van der Waals surface area (Å²) in [6.07, 6.45) is 10.5. The lowest BCUT2D eigenvalue weighted by molar-refractivity contribution is -0.122. The number of allylic oxidation sites excluding steroid dienone is 1. The Balaban J connectivity index is 0.765. The number of piperidine rings is 2. The third-order valence-electron chi connectivity index (χ3n) is 13.0. The molecule has 1 amide bonds. The fourth-order valence-electron chi connectivity index (χ4n) is 9.52. The van der Waals surface area contributed by atoms with Gasteiger partial charge in [0, 0.05) is 86.4 Å². The second-order valence-corrected chi connectivity index (χ2v) is 16.8. The van der Waals surface area contributed by atoms with Gasteiger partial charge in [-0.3, -0.25) is 14.7 Å². The number of aromatic nitrogens is 3. The number of carbonyl (C=O) groups excluding carboxylic acids is 1. The van der Waals surface area contributed by atoms with E-state index < -0.39 is 0 Å². The van der Waals surface area contributed by atoms with Crippen molar-refractivity contribution in [3.05, 3.63) is 115 Å². The zero-order valence-electron chi connectivity index (χ0n) is 34.7. The summed E-state index contributed by atoms with van der Waals surface area (Å²) in [5, 5.41) is 13.5. The summed E-state index contributed by atoms with van der Waals surface area (Å²) in [5.41, 5.74) is 8.36. The Morgan fingerprint density at radius 2 is 1.68 bits per heavy atom. The van der Waals surface area contributed by atoms with Crippen LogP contribution in [0.4, 0.5) is 44.7 Å². The number of benzene rings is 2. The highest BCUT2D eigenvalue weighted by atomic mass is 19.1. The molecule has 4 aliphatic heterocycles. The number of hydrazine groups is 1. The van der Waals surface area contributed by atoms with Crippen LogP contribution in [-0.2, 0) is 11.2 Å². The normalized spacial score (nSPS) is 20.9. The van der Waals surface area contributed by atoms with Crippen LogP contribution in [0, 0.1) is 11.7 Å². The number of piperazine rings is 1. The van der Waals surface area contributed by atoms with E-state index in [1.807, 2.05) is 24.4 Å². The van der Waals surface area contributed by atoms with Crippen LogP contribution in [0.5, 0.6) is 0 Å². The van der Waals surface area contributed by atoms with E-state index in [1.165, 1.54) is 23.0 Å². The molecule has 6 heterocycles. The van der Waals surface area contributed by atoms with Crippen molar-refractivity contribution < 1.29 is 9.18 Å². The largest absolute Gasteiger partial charge is 0.374 e. The van der Waals surface area contributed by atoms with Crippen molar-refractivity contribution in [3.63, 3.8) is 0 Å². The highest BCUT2D eigenvalue weighted by Crippen LogP contribution is 2.43. The summed E-state index contributed by atoms with van der Waals surface area (Å²) in [5.74, 6) is 2.81. The molecular weight excluding hydrogens is 754 g/mol. The zero-order valence-corrected chi connectivity index (χ0v) is 34.7. The van der Waals surface area contributed by atoms with Crippen molar-refractivity contribution in [2.75, 3.05) is 77.8 Å². The van der Waals surface area contributed by atoms with E-state index in [0.717, 1.165) is 119 Å². The number of fused-ring (bicyclic) bond motifs is 2. The van der Waals surface area contributed by atoms with Gasteiger partial charge in [0.15, 0.2) is 11.6 Å². The van der Waals surface area contributed by atoms with Gasteiger partial charge < -0.3 is 25.8 Å². The Labute approximate surface area is 352 Å². The predicted molar refractivity (Wildman–Crippen MR) is 239 cm³/mol. The molecule has 12 nitrogen and oxygen atoms in total. The highest BCUT2D eigenvalue weighted by molar-refractivity contribution is 5.87. The van der Waals surface area contributed by atoms with E-state index >= 15 is 4.39 Å². The lowest BCUT2D eigenvalue weighted by Crippen LogP contribution is -2.49. The topological polar surface area (TPSA) is 108 Å². The maximum absolute atomic E-state index is 15.3. The number of anilines is 7. The van der Waals surface area contributed by atoms with E-state index in [-0.39, 0.29) is 17.8 Å².